The minimum absolute atomic E-state index is 0.0220. The van der Waals surface area contributed by atoms with Crippen LogP contribution in [0.3, 0.4) is 0 Å². The van der Waals surface area contributed by atoms with Crippen molar-refractivity contribution in [1.29, 1.82) is 0 Å². The Morgan fingerprint density at radius 3 is 2.54 bits per heavy atom. The van der Waals surface area contributed by atoms with Crippen molar-refractivity contribution in [2.45, 2.75) is 38.6 Å². The van der Waals surface area contributed by atoms with E-state index in [0.717, 1.165) is 0 Å². The van der Waals surface area contributed by atoms with Crippen molar-refractivity contribution in [2.24, 2.45) is 10.9 Å². The van der Waals surface area contributed by atoms with Crippen LogP contribution in [0.5, 0.6) is 0 Å². The predicted octanol–water partition coefficient (Wildman–Crippen LogP) is 1.04. The van der Waals surface area contributed by atoms with Crippen LogP contribution >= 0.6 is 0 Å². The molecule has 1 aromatic rings. The van der Waals surface area contributed by atoms with Crippen LogP contribution in [-0.4, -0.2) is 67.1 Å². The van der Waals surface area contributed by atoms with Crippen LogP contribution in [0.1, 0.15) is 31.5 Å². The number of guanidine groups is 1. The van der Waals surface area contributed by atoms with Gasteiger partial charge in [-0.3, -0.25) is 4.99 Å². The number of aliphatic imine (C=N–C) groups is 1. The molecule has 0 radical (unpaired) electrons. The van der Waals surface area contributed by atoms with Gasteiger partial charge in [0.15, 0.2) is 11.8 Å². The van der Waals surface area contributed by atoms with E-state index in [4.69, 9.17) is 4.52 Å². The second kappa shape index (κ2) is 9.54. The van der Waals surface area contributed by atoms with E-state index in [1.54, 1.807) is 6.92 Å². The number of nitrogens with one attached hydrogen (secondary N) is 2. The van der Waals surface area contributed by atoms with Gasteiger partial charge in [0.25, 0.3) is 0 Å². The number of alkyl halides is 3. The Hall–Kier alpha value is -1.89. The van der Waals surface area contributed by atoms with E-state index >= 15 is 0 Å². The lowest BCUT2D eigenvalue weighted by molar-refractivity contribution is -0.0496. The van der Waals surface area contributed by atoms with E-state index in [1.165, 1.54) is 0 Å². The van der Waals surface area contributed by atoms with Crippen molar-refractivity contribution in [2.75, 3.05) is 32.7 Å². The van der Waals surface area contributed by atoms with E-state index in [9.17, 15) is 21.6 Å². The number of halogens is 3. The van der Waals surface area contributed by atoms with Gasteiger partial charge in [0, 0.05) is 39.1 Å². The van der Waals surface area contributed by atoms with Gasteiger partial charge in [0.1, 0.15) is 0 Å². The molecule has 0 aromatic carbocycles. The lowest BCUT2D eigenvalue weighted by Crippen LogP contribution is -2.45. The van der Waals surface area contributed by atoms with Crippen LogP contribution < -0.4 is 10.6 Å². The fourth-order valence-corrected chi connectivity index (χ4v) is 3.75. The number of aryl methyl sites for hydroxylation is 1. The first kappa shape index (κ1) is 22.4. The SMILES string of the molecule is CCNC(=NCC1CCN(S(=O)(=O)C(F)(F)F)CC1)NCCc1nc(C)no1. The third kappa shape index (κ3) is 6.06. The third-order valence-electron chi connectivity index (χ3n) is 4.26. The summed E-state index contributed by atoms with van der Waals surface area (Å²) in [5.74, 6) is 1.67. The van der Waals surface area contributed by atoms with Gasteiger partial charge in [-0.1, -0.05) is 5.16 Å². The standard InChI is InChI=1S/C15H25F3N6O3S/c1-3-19-14(20-7-4-13-22-11(2)23-27-13)21-10-12-5-8-24(9-6-12)28(25,26)15(16,17)18/h12H,3-10H2,1-2H3,(H2,19,20,21). The highest BCUT2D eigenvalue weighted by atomic mass is 32.2. The molecule has 0 amide bonds. The van der Waals surface area contributed by atoms with Crippen molar-refractivity contribution in [3.63, 3.8) is 0 Å². The second-order valence-electron chi connectivity index (χ2n) is 6.42. The van der Waals surface area contributed by atoms with E-state index in [1.807, 2.05) is 6.92 Å². The van der Waals surface area contributed by atoms with Crippen molar-refractivity contribution in [3.05, 3.63) is 11.7 Å². The van der Waals surface area contributed by atoms with Crippen LogP contribution in [0.2, 0.25) is 0 Å². The summed E-state index contributed by atoms with van der Waals surface area (Å²) in [6.45, 7) is 4.92. The van der Waals surface area contributed by atoms with Crippen molar-refractivity contribution >= 4 is 16.0 Å². The fraction of sp³-hybridized carbons (Fsp3) is 0.800. The quantitative estimate of drug-likeness (QED) is 0.495. The molecule has 1 fully saturated rings. The molecule has 0 spiro atoms. The minimum atomic E-state index is -5.25. The molecule has 2 N–H and O–H groups in total. The van der Waals surface area contributed by atoms with Gasteiger partial charge >= 0.3 is 15.5 Å². The molecule has 0 saturated carbocycles. The summed E-state index contributed by atoms with van der Waals surface area (Å²) in [6.07, 6.45) is 1.19. The Morgan fingerprint density at radius 1 is 1.32 bits per heavy atom. The maximum atomic E-state index is 12.6. The molecule has 160 valence electrons. The summed E-state index contributed by atoms with van der Waals surface area (Å²) in [6, 6.07) is 0. The molecule has 13 heteroatoms. The van der Waals surface area contributed by atoms with Crippen LogP contribution in [0.15, 0.2) is 9.52 Å². The predicted molar refractivity (Wildman–Crippen MR) is 96.0 cm³/mol. The van der Waals surface area contributed by atoms with E-state index in [0.29, 0.717) is 60.9 Å². The molecular formula is C15H25F3N6O3S. The first-order chi connectivity index (χ1) is 13.1. The Morgan fingerprint density at radius 2 is 2.00 bits per heavy atom. The Balaban J connectivity index is 1.81. The maximum Gasteiger partial charge on any atom is 0.511 e. The number of sulfonamides is 1. The summed E-state index contributed by atoms with van der Waals surface area (Å²) >= 11 is 0. The molecule has 1 saturated heterocycles. The Kier molecular flexibility index (Phi) is 7.63. The number of aromatic nitrogens is 2. The summed E-state index contributed by atoms with van der Waals surface area (Å²) in [5.41, 5.74) is -5.25. The van der Waals surface area contributed by atoms with E-state index in [-0.39, 0.29) is 19.0 Å². The number of piperidine rings is 1. The zero-order chi connectivity index (χ0) is 20.8. The molecule has 1 aliphatic rings. The molecule has 1 aliphatic heterocycles. The molecule has 28 heavy (non-hydrogen) atoms. The number of nitrogens with zero attached hydrogens (tertiary/aromatic N) is 4. The normalized spacial score (nSPS) is 17.7. The molecule has 2 rings (SSSR count). The summed E-state index contributed by atoms with van der Waals surface area (Å²) < 4.78 is 66.2. The fourth-order valence-electron chi connectivity index (χ4n) is 2.77. The van der Waals surface area contributed by atoms with Gasteiger partial charge in [-0.05, 0) is 32.6 Å². The van der Waals surface area contributed by atoms with E-state index in [2.05, 4.69) is 25.8 Å². The number of rotatable bonds is 7. The summed E-state index contributed by atoms with van der Waals surface area (Å²) in [4.78, 5) is 8.55. The lowest BCUT2D eigenvalue weighted by Gasteiger charge is -2.30. The zero-order valence-electron chi connectivity index (χ0n) is 15.8. The minimum Gasteiger partial charge on any atom is -0.357 e. The highest BCUT2D eigenvalue weighted by Gasteiger charge is 2.50. The van der Waals surface area contributed by atoms with Gasteiger partial charge < -0.3 is 15.2 Å². The van der Waals surface area contributed by atoms with Gasteiger partial charge in [-0.2, -0.15) is 22.5 Å². The average Bonchev–Trinajstić information content (AvgIpc) is 3.04. The molecule has 1 aromatic heterocycles. The van der Waals surface area contributed by atoms with Gasteiger partial charge in [0.2, 0.25) is 5.89 Å². The molecule has 0 bridgehead atoms. The van der Waals surface area contributed by atoms with E-state index < -0.39 is 15.5 Å². The van der Waals surface area contributed by atoms with Crippen LogP contribution in [0, 0.1) is 12.8 Å². The molecular weight excluding hydrogens is 401 g/mol. The highest BCUT2D eigenvalue weighted by Crippen LogP contribution is 2.30. The first-order valence-electron chi connectivity index (χ1n) is 9.01. The van der Waals surface area contributed by atoms with Crippen LogP contribution in [-0.2, 0) is 16.4 Å². The van der Waals surface area contributed by atoms with Crippen LogP contribution in [0.4, 0.5) is 13.2 Å². The molecule has 0 atom stereocenters. The Labute approximate surface area is 161 Å². The molecule has 9 nitrogen and oxygen atoms in total. The topological polar surface area (TPSA) is 113 Å². The van der Waals surface area contributed by atoms with Gasteiger partial charge in [-0.25, -0.2) is 8.42 Å². The average molecular weight is 426 g/mol. The summed E-state index contributed by atoms with van der Waals surface area (Å²) in [5, 5.41) is 9.92. The number of hydrogen-bond acceptors (Lipinski definition) is 6. The molecule has 2 heterocycles. The lowest BCUT2D eigenvalue weighted by atomic mass is 9.98. The van der Waals surface area contributed by atoms with Crippen molar-refractivity contribution in [3.8, 4) is 0 Å². The first-order valence-corrected chi connectivity index (χ1v) is 10.4. The van der Waals surface area contributed by atoms with Gasteiger partial charge in [-0.15, -0.1) is 0 Å². The third-order valence-corrected chi connectivity index (χ3v) is 5.89. The highest BCUT2D eigenvalue weighted by molar-refractivity contribution is 7.90. The smallest absolute Gasteiger partial charge is 0.357 e. The second-order valence-corrected chi connectivity index (χ2v) is 8.35. The number of hydrogen-bond donors (Lipinski definition) is 2. The Bertz CT molecular complexity index is 757. The van der Waals surface area contributed by atoms with Gasteiger partial charge in [0.05, 0.1) is 0 Å². The largest absolute Gasteiger partial charge is 0.511 e. The van der Waals surface area contributed by atoms with Crippen LogP contribution in [0.25, 0.3) is 0 Å². The molecule has 0 aliphatic carbocycles. The monoisotopic (exact) mass is 426 g/mol. The summed E-state index contributed by atoms with van der Waals surface area (Å²) in [7, 11) is -5.25. The zero-order valence-corrected chi connectivity index (χ0v) is 16.6. The van der Waals surface area contributed by atoms with Crippen molar-refractivity contribution in [1.82, 2.24) is 25.1 Å². The maximum absolute atomic E-state index is 12.6. The van der Waals surface area contributed by atoms with Crippen molar-refractivity contribution < 1.29 is 26.1 Å². The molecule has 0 unspecified atom stereocenters.